The van der Waals surface area contributed by atoms with Crippen LogP contribution in [-0.4, -0.2) is 32.7 Å². The summed E-state index contributed by atoms with van der Waals surface area (Å²) in [6.07, 6.45) is 6.46. The van der Waals surface area contributed by atoms with Crippen molar-refractivity contribution in [2.45, 2.75) is 58.3 Å². The van der Waals surface area contributed by atoms with Crippen molar-refractivity contribution in [2.24, 2.45) is 18.6 Å². The highest BCUT2D eigenvalue weighted by molar-refractivity contribution is 7.92. The van der Waals surface area contributed by atoms with E-state index in [4.69, 9.17) is 16.3 Å². The molecule has 0 unspecified atom stereocenters. The number of nitrogens with one attached hydrogen (secondary N) is 3. The second-order valence-electron chi connectivity index (χ2n) is 12.3. The number of imidazole rings is 1. The Kier molecular flexibility index (Phi) is 8.09. The number of sulfonamides is 1. The van der Waals surface area contributed by atoms with Crippen molar-refractivity contribution in [3.05, 3.63) is 70.9 Å². The van der Waals surface area contributed by atoms with E-state index in [-0.39, 0.29) is 22.3 Å². The summed E-state index contributed by atoms with van der Waals surface area (Å²) >= 11 is 0. The fraction of sp³-hybridized carbons (Fsp3) is 0.400. The zero-order valence-corrected chi connectivity index (χ0v) is 26.4. The largest absolute Gasteiger partial charge is 0.492 e. The van der Waals surface area contributed by atoms with E-state index in [2.05, 4.69) is 42.7 Å². The van der Waals surface area contributed by atoms with E-state index >= 15 is 0 Å². The van der Waals surface area contributed by atoms with Gasteiger partial charge in [0.15, 0.2) is 11.4 Å². The van der Waals surface area contributed by atoms with Crippen molar-refractivity contribution >= 4 is 38.7 Å². The van der Waals surface area contributed by atoms with Crippen LogP contribution in [0.1, 0.15) is 73.5 Å². The molecule has 1 aromatic heterocycles. The summed E-state index contributed by atoms with van der Waals surface area (Å²) in [5.74, 6) is 7.26. The number of amides is 1. The van der Waals surface area contributed by atoms with E-state index in [0.29, 0.717) is 22.6 Å². The maximum atomic E-state index is 13.5. The first-order valence-electron chi connectivity index (χ1n) is 13.7. The third-order valence-corrected chi connectivity index (χ3v) is 8.20. The summed E-state index contributed by atoms with van der Waals surface area (Å²) in [6.45, 7) is 10.3. The molecule has 0 atom stereocenters. The summed E-state index contributed by atoms with van der Waals surface area (Å²) < 4.78 is 34.2. The zero-order valence-electron chi connectivity index (χ0n) is 25.5. The average Bonchev–Trinajstić information content (AvgIpc) is 3.50. The molecular weight excluding hydrogens is 554 g/mol. The van der Waals surface area contributed by atoms with Crippen LogP contribution in [0.15, 0.2) is 42.7 Å². The van der Waals surface area contributed by atoms with Crippen molar-refractivity contribution in [3.63, 3.8) is 0 Å². The van der Waals surface area contributed by atoms with Gasteiger partial charge in [-0.3, -0.25) is 14.5 Å². The maximum Gasteiger partial charge on any atom is 0.259 e. The number of aryl methyl sites for hydroxylation is 1. The number of aromatic amines is 1. The molecular formula is C30H42N7O4S+. The van der Waals surface area contributed by atoms with Crippen LogP contribution in [0.5, 0.6) is 5.75 Å². The Hall–Kier alpha value is -4.03. The predicted octanol–water partition coefficient (Wildman–Crippen LogP) is 3.77. The molecule has 0 aliphatic heterocycles. The molecule has 42 heavy (non-hydrogen) atoms. The Morgan fingerprint density at radius 2 is 1.83 bits per heavy atom. The van der Waals surface area contributed by atoms with Crippen LogP contribution in [0.4, 0.5) is 17.1 Å². The first kappa shape index (κ1) is 30.9. The number of carbonyl (C=O) groups is 1. The lowest BCUT2D eigenvalue weighted by atomic mass is 9.96. The normalized spacial score (nSPS) is 14.8. The molecule has 2 aromatic carbocycles. The van der Waals surface area contributed by atoms with Crippen LogP contribution in [0, 0.1) is 6.92 Å². The summed E-state index contributed by atoms with van der Waals surface area (Å²) in [5, 5.41) is 4.31. The fourth-order valence-electron chi connectivity index (χ4n) is 5.00. The highest BCUT2D eigenvalue weighted by atomic mass is 32.2. The molecule has 0 radical (unpaired) electrons. The lowest BCUT2D eigenvalue weighted by Crippen LogP contribution is -2.41. The lowest BCUT2D eigenvalue weighted by molar-refractivity contribution is -0.683. The van der Waals surface area contributed by atoms with Gasteiger partial charge in [-0.25, -0.2) is 23.8 Å². The molecule has 226 valence electrons. The number of ether oxygens (including phenoxy) is 1. The number of hydrazine groups is 1. The number of rotatable bonds is 9. The smallest absolute Gasteiger partial charge is 0.259 e. The van der Waals surface area contributed by atoms with Gasteiger partial charge < -0.3 is 15.8 Å². The monoisotopic (exact) mass is 596 g/mol. The van der Waals surface area contributed by atoms with Gasteiger partial charge in [0.1, 0.15) is 11.9 Å². The molecule has 1 aliphatic carbocycles. The number of benzene rings is 2. The molecule has 12 heteroatoms. The van der Waals surface area contributed by atoms with E-state index < -0.39 is 15.9 Å². The van der Waals surface area contributed by atoms with Crippen LogP contribution in [0.25, 0.3) is 5.70 Å². The number of nitrogens with two attached hydrogens (primary N) is 2. The molecule has 1 heterocycles. The molecule has 1 amide bonds. The van der Waals surface area contributed by atoms with Gasteiger partial charge in [0.2, 0.25) is 10.0 Å². The third-order valence-electron chi connectivity index (χ3n) is 7.61. The second-order valence-corrected chi connectivity index (χ2v) is 14.1. The van der Waals surface area contributed by atoms with E-state index in [0.717, 1.165) is 41.7 Å². The van der Waals surface area contributed by atoms with E-state index in [1.807, 2.05) is 30.8 Å². The minimum absolute atomic E-state index is 0.0905. The first-order chi connectivity index (χ1) is 19.4. The van der Waals surface area contributed by atoms with E-state index in [1.54, 1.807) is 30.5 Å². The summed E-state index contributed by atoms with van der Waals surface area (Å²) in [4.78, 5) is 16.8. The molecule has 0 spiro atoms. The number of H-pyrrole nitrogens is 1. The molecule has 0 bridgehead atoms. The summed E-state index contributed by atoms with van der Waals surface area (Å²) in [5.41, 5.74) is 10.8. The first-order valence-corrected chi connectivity index (χ1v) is 15.5. The molecule has 1 saturated carbocycles. The molecule has 3 aromatic rings. The van der Waals surface area contributed by atoms with Gasteiger partial charge in [0.25, 0.3) is 11.7 Å². The molecule has 0 saturated heterocycles. The Labute approximate surface area is 248 Å². The molecule has 1 aliphatic rings. The number of hydrogen-bond donors (Lipinski definition) is 5. The van der Waals surface area contributed by atoms with E-state index in [1.165, 1.54) is 12.1 Å². The van der Waals surface area contributed by atoms with Crippen LogP contribution >= 0.6 is 0 Å². The van der Waals surface area contributed by atoms with Crippen molar-refractivity contribution in [1.82, 2.24) is 4.98 Å². The molecule has 1 fully saturated rings. The Morgan fingerprint density at radius 1 is 1.19 bits per heavy atom. The van der Waals surface area contributed by atoms with Crippen molar-refractivity contribution in [1.29, 1.82) is 0 Å². The van der Waals surface area contributed by atoms with Crippen LogP contribution in [0.3, 0.4) is 0 Å². The number of aromatic nitrogens is 2. The van der Waals surface area contributed by atoms with Crippen molar-refractivity contribution < 1.29 is 22.5 Å². The average molecular weight is 597 g/mol. The number of hydrogen-bond acceptors (Lipinski definition) is 7. The standard InChI is InChI=1S/C30H41N7O4S/c1-18-9-10-19(13-24(18)37(32)17-21(31)25-16-33-28(36(25)6)29(2,3)4)27(38)34-22-14-20(30(5)11-12-30)15-23(26(22)41-7)35-42(8,39)40/h9-10,13-17,35H,11-12,31-32H2,1-8H3,(H,34,38)/p+1. The molecule has 4 rings (SSSR count). The van der Waals surface area contributed by atoms with Gasteiger partial charge in [-0.05, 0) is 81.3 Å². The number of anilines is 3. The van der Waals surface area contributed by atoms with E-state index in [9.17, 15) is 13.2 Å². The van der Waals surface area contributed by atoms with Gasteiger partial charge in [-0.15, -0.1) is 0 Å². The minimum atomic E-state index is -3.59. The predicted molar refractivity (Wildman–Crippen MR) is 167 cm³/mol. The third kappa shape index (κ3) is 6.55. The maximum absolute atomic E-state index is 13.5. The van der Waals surface area contributed by atoms with Crippen molar-refractivity contribution in [2.75, 3.05) is 28.4 Å². The lowest BCUT2D eigenvalue weighted by Gasteiger charge is -2.20. The minimum Gasteiger partial charge on any atom is -0.492 e. The summed E-state index contributed by atoms with van der Waals surface area (Å²) in [7, 11) is -0.221. The number of nitrogens with zero attached hydrogens (tertiary/aromatic N) is 2. The number of methoxy groups -OCH3 is 1. The highest BCUT2D eigenvalue weighted by Crippen LogP contribution is 2.50. The highest BCUT2D eigenvalue weighted by Gasteiger charge is 2.40. The SMILES string of the molecule is COc1c(NC(=O)c2ccc(C)c(N(N)C=C(N)c3c[nH]c(C(C)(C)C)[n+]3C)c2)cc(C2(C)CC2)cc1NS(C)(=O)=O. The topological polar surface area (TPSA) is 159 Å². The van der Waals surface area contributed by atoms with Crippen LogP contribution < -0.4 is 35.9 Å². The van der Waals surface area contributed by atoms with Gasteiger partial charge in [0.05, 0.1) is 42.9 Å². The van der Waals surface area contributed by atoms with Crippen molar-refractivity contribution in [3.8, 4) is 5.75 Å². The second kappa shape index (κ2) is 11.0. The van der Waals surface area contributed by atoms with Gasteiger partial charge in [-0.1, -0.05) is 13.0 Å². The van der Waals surface area contributed by atoms with Gasteiger partial charge >= 0.3 is 0 Å². The van der Waals surface area contributed by atoms with Crippen LogP contribution in [0.2, 0.25) is 0 Å². The van der Waals surface area contributed by atoms with Gasteiger partial charge in [0, 0.05) is 11.8 Å². The molecule has 11 nitrogen and oxygen atoms in total. The van der Waals surface area contributed by atoms with Crippen LogP contribution in [-0.2, 0) is 27.9 Å². The molecule has 7 N–H and O–H groups in total. The Balaban J connectivity index is 1.65. The zero-order chi connectivity index (χ0) is 31.2. The Morgan fingerprint density at radius 3 is 2.38 bits per heavy atom. The number of carbonyl (C=O) groups excluding carboxylic acids is 1. The Bertz CT molecular complexity index is 1670. The van der Waals surface area contributed by atoms with Gasteiger partial charge in [-0.2, -0.15) is 0 Å². The summed E-state index contributed by atoms with van der Waals surface area (Å²) in [6, 6.07) is 8.79. The fourth-order valence-corrected chi connectivity index (χ4v) is 5.55. The quantitative estimate of drug-likeness (QED) is 0.143.